The third-order valence-corrected chi connectivity index (χ3v) is 8.70. The predicted molar refractivity (Wildman–Crippen MR) is 152 cm³/mol. The van der Waals surface area contributed by atoms with Crippen molar-refractivity contribution in [1.82, 2.24) is 19.4 Å². The van der Waals surface area contributed by atoms with Gasteiger partial charge in [-0.05, 0) is 88.1 Å². The Morgan fingerprint density at radius 1 is 0.974 bits per heavy atom. The van der Waals surface area contributed by atoms with Crippen LogP contribution < -0.4 is 15.7 Å². The average molecular weight is 533 g/mol. The number of amides is 2. The molecule has 1 fully saturated rings. The number of benzene rings is 2. The molecule has 1 spiro atoms. The van der Waals surface area contributed by atoms with Gasteiger partial charge < -0.3 is 15.0 Å². The number of para-hydroxylation sites is 1. The number of likely N-dealkylation sites (tertiary alicyclic amines) is 1. The number of nitrogens with one attached hydrogen (secondary N) is 1. The Bertz CT molecular complexity index is 1410. The van der Waals surface area contributed by atoms with Gasteiger partial charge >= 0.3 is 5.69 Å². The number of hydrogen-bond donors (Lipinski definition) is 1. The van der Waals surface area contributed by atoms with E-state index >= 15 is 0 Å². The third-order valence-electron chi connectivity index (χ3n) is 8.70. The fraction of sp³-hybridized carbons (Fsp3) is 0.516. The van der Waals surface area contributed by atoms with Gasteiger partial charge in [-0.15, -0.1) is 0 Å². The number of nitrogens with zero attached hydrogens (tertiary/aromatic N) is 3. The molecule has 208 valence electrons. The summed E-state index contributed by atoms with van der Waals surface area (Å²) in [5.74, 6) is 0.696. The van der Waals surface area contributed by atoms with Crippen molar-refractivity contribution >= 4 is 22.8 Å². The number of imidazole rings is 1. The second kappa shape index (κ2) is 11.3. The first kappa shape index (κ1) is 27.0. The largest absolute Gasteiger partial charge is 0.481 e. The molecule has 2 aliphatic rings. The van der Waals surface area contributed by atoms with Gasteiger partial charge in [0.1, 0.15) is 5.75 Å². The van der Waals surface area contributed by atoms with E-state index < -0.39 is 6.10 Å². The molecule has 0 unspecified atom stereocenters. The summed E-state index contributed by atoms with van der Waals surface area (Å²) in [6, 6.07) is 13.6. The molecule has 5 rings (SSSR count). The molecule has 8 nitrogen and oxygen atoms in total. The van der Waals surface area contributed by atoms with Gasteiger partial charge in [0.2, 0.25) is 0 Å². The van der Waals surface area contributed by atoms with Crippen molar-refractivity contribution in [3.63, 3.8) is 0 Å². The van der Waals surface area contributed by atoms with E-state index in [9.17, 15) is 14.4 Å². The minimum absolute atomic E-state index is 0.00178. The lowest BCUT2D eigenvalue weighted by molar-refractivity contribution is -0.128. The Morgan fingerprint density at radius 3 is 2.44 bits per heavy atom. The van der Waals surface area contributed by atoms with Gasteiger partial charge in [-0.1, -0.05) is 24.6 Å². The molecule has 3 heterocycles. The molecular formula is C31H40N4O4. The number of carbonyl (C=O) groups is 2. The van der Waals surface area contributed by atoms with E-state index in [-0.39, 0.29) is 22.9 Å². The van der Waals surface area contributed by atoms with Crippen LogP contribution in [0.15, 0.2) is 47.3 Å². The van der Waals surface area contributed by atoms with Crippen LogP contribution in [-0.4, -0.2) is 51.6 Å². The summed E-state index contributed by atoms with van der Waals surface area (Å²) in [6.45, 7) is 8.77. The first-order chi connectivity index (χ1) is 18.9. The quantitative estimate of drug-likeness (QED) is 0.543. The Morgan fingerprint density at radius 2 is 1.69 bits per heavy atom. The third kappa shape index (κ3) is 5.34. The zero-order valence-corrected chi connectivity index (χ0v) is 23.4. The molecule has 0 saturated carbocycles. The van der Waals surface area contributed by atoms with Crippen molar-refractivity contribution in [3.8, 4) is 5.75 Å². The molecule has 1 atom stereocenters. The zero-order chi connectivity index (χ0) is 27.6. The lowest BCUT2D eigenvalue weighted by atomic mass is 9.74. The number of rotatable bonds is 3. The number of carbonyl (C=O) groups excluding carboxylic acids is 2. The molecule has 3 aromatic rings. The molecule has 0 aliphatic carbocycles. The summed E-state index contributed by atoms with van der Waals surface area (Å²) in [5, 5.41) is 3.16. The van der Waals surface area contributed by atoms with E-state index in [1.807, 2.05) is 55.1 Å². The molecule has 1 saturated heterocycles. The van der Waals surface area contributed by atoms with E-state index in [1.54, 1.807) is 16.1 Å². The summed E-state index contributed by atoms with van der Waals surface area (Å²) in [4.78, 5) is 41.1. The predicted octanol–water partition coefficient (Wildman–Crippen LogP) is 4.38. The highest BCUT2D eigenvalue weighted by atomic mass is 16.5. The standard InChI is InChI=1S/C31H40N4O4/c1-4-34-25-14-13-24(20-26(25)35(5-2)30(34)38)29(37)33-18-16-31(17-19-33)15-9-8-11-23-10-6-7-12-27(23)39-22(3)28(36)32-21-31/h6-7,10,12-14,20,22H,4-5,8-9,11,15-19,21H2,1-3H3,(H,32,36)/t22-/m1/s1. The van der Waals surface area contributed by atoms with Crippen LogP contribution in [0.3, 0.4) is 0 Å². The minimum Gasteiger partial charge on any atom is -0.481 e. The highest BCUT2D eigenvalue weighted by molar-refractivity contribution is 5.97. The molecule has 1 aromatic heterocycles. The fourth-order valence-electron chi connectivity index (χ4n) is 6.25. The first-order valence-corrected chi connectivity index (χ1v) is 14.4. The number of piperidine rings is 1. The van der Waals surface area contributed by atoms with Crippen LogP contribution in [-0.2, 0) is 24.3 Å². The van der Waals surface area contributed by atoms with Gasteiger partial charge in [-0.25, -0.2) is 4.79 Å². The van der Waals surface area contributed by atoms with E-state index in [0.29, 0.717) is 38.3 Å². The number of fused-ring (bicyclic) bond motifs is 2. The molecule has 2 aliphatic heterocycles. The van der Waals surface area contributed by atoms with Crippen molar-refractivity contribution in [2.75, 3.05) is 19.6 Å². The maximum absolute atomic E-state index is 13.5. The fourth-order valence-corrected chi connectivity index (χ4v) is 6.25. The van der Waals surface area contributed by atoms with Crippen LogP contribution in [0.1, 0.15) is 68.8 Å². The molecule has 1 N–H and O–H groups in total. The van der Waals surface area contributed by atoms with Gasteiger partial charge in [0.25, 0.3) is 11.8 Å². The zero-order valence-electron chi connectivity index (χ0n) is 23.4. The van der Waals surface area contributed by atoms with Crippen molar-refractivity contribution in [1.29, 1.82) is 0 Å². The van der Waals surface area contributed by atoms with Crippen molar-refractivity contribution in [2.45, 2.75) is 78.5 Å². The summed E-state index contributed by atoms with van der Waals surface area (Å²) in [5.41, 5.74) is 3.37. The Balaban J connectivity index is 1.29. The summed E-state index contributed by atoms with van der Waals surface area (Å²) in [6.07, 6.45) is 5.19. The lowest BCUT2D eigenvalue weighted by Gasteiger charge is -2.42. The molecule has 2 amide bonds. The number of aromatic nitrogens is 2. The van der Waals surface area contributed by atoms with Gasteiger partial charge in [-0.3, -0.25) is 18.7 Å². The molecule has 0 bridgehead atoms. The van der Waals surface area contributed by atoms with E-state index in [0.717, 1.165) is 60.9 Å². The van der Waals surface area contributed by atoms with E-state index in [4.69, 9.17) is 4.74 Å². The maximum Gasteiger partial charge on any atom is 0.329 e. The van der Waals surface area contributed by atoms with Gasteiger partial charge in [0, 0.05) is 38.3 Å². The van der Waals surface area contributed by atoms with E-state index in [2.05, 4.69) is 11.4 Å². The average Bonchev–Trinajstić information content (AvgIpc) is 3.23. The van der Waals surface area contributed by atoms with Gasteiger partial charge in [-0.2, -0.15) is 0 Å². The summed E-state index contributed by atoms with van der Waals surface area (Å²) >= 11 is 0. The molecule has 8 heteroatoms. The highest BCUT2D eigenvalue weighted by Gasteiger charge is 2.37. The molecule has 2 aromatic carbocycles. The first-order valence-electron chi connectivity index (χ1n) is 14.4. The van der Waals surface area contributed by atoms with E-state index in [1.165, 1.54) is 0 Å². The molecule has 39 heavy (non-hydrogen) atoms. The Kier molecular flexibility index (Phi) is 7.82. The summed E-state index contributed by atoms with van der Waals surface area (Å²) in [7, 11) is 0. The second-order valence-electron chi connectivity index (χ2n) is 11.1. The minimum atomic E-state index is -0.567. The monoisotopic (exact) mass is 532 g/mol. The topological polar surface area (TPSA) is 85.6 Å². The normalized spacial score (nSPS) is 20.0. The van der Waals surface area contributed by atoms with Crippen LogP contribution >= 0.6 is 0 Å². The van der Waals surface area contributed by atoms with Crippen molar-refractivity contribution < 1.29 is 14.3 Å². The van der Waals surface area contributed by atoms with Crippen LogP contribution in [0.2, 0.25) is 0 Å². The van der Waals surface area contributed by atoms with Crippen LogP contribution in [0.25, 0.3) is 11.0 Å². The smallest absolute Gasteiger partial charge is 0.329 e. The number of aryl methyl sites for hydroxylation is 3. The van der Waals surface area contributed by atoms with Gasteiger partial charge in [0.05, 0.1) is 11.0 Å². The molecular weight excluding hydrogens is 492 g/mol. The van der Waals surface area contributed by atoms with Crippen LogP contribution in [0.5, 0.6) is 5.75 Å². The number of ether oxygens (including phenoxy) is 1. The number of hydrogen-bond acceptors (Lipinski definition) is 4. The SMILES string of the molecule is CCn1c(=O)n(CC)c2cc(C(=O)N3CCC4(CCCCc5ccccc5O[C@H](C)C(=O)NC4)CC3)ccc21. The van der Waals surface area contributed by atoms with Crippen LogP contribution in [0.4, 0.5) is 0 Å². The van der Waals surface area contributed by atoms with Crippen molar-refractivity contribution in [3.05, 3.63) is 64.1 Å². The Hall–Kier alpha value is -3.55. The Labute approximate surface area is 229 Å². The second-order valence-corrected chi connectivity index (χ2v) is 11.1. The van der Waals surface area contributed by atoms with Crippen molar-refractivity contribution in [2.24, 2.45) is 5.41 Å². The summed E-state index contributed by atoms with van der Waals surface area (Å²) < 4.78 is 9.51. The van der Waals surface area contributed by atoms with Crippen LogP contribution in [0, 0.1) is 5.41 Å². The molecule has 0 radical (unpaired) electrons. The highest BCUT2D eigenvalue weighted by Crippen LogP contribution is 2.37. The maximum atomic E-state index is 13.5. The van der Waals surface area contributed by atoms with Gasteiger partial charge in [0.15, 0.2) is 6.10 Å². The lowest BCUT2D eigenvalue weighted by Crippen LogP contribution is -2.49.